The second-order valence-electron chi connectivity index (χ2n) is 5.96. The number of fused-ring (bicyclic) bond motifs is 1. The van der Waals surface area contributed by atoms with Crippen LogP contribution in [0.15, 0.2) is 53.9 Å². The Morgan fingerprint density at radius 2 is 1.76 bits per heavy atom. The molecule has 0 spiro atoms. The first-order valence-electron chi connectivity index (χ1n) is 7.96. The van der Waals surface area contributed by atoms with E-state index in [9.17, 15) is 0 Å². The van der Waals surface area contributed by atoms with Gasteiger partial charge < -0.3 is 5.32 Å². The van der Waals surface area contributed by atoms with Crippen LogP contribution in [-0.2, 0) is 0 Å². The van der Waals surface area contributed by atoms with Crippen molar-refractivity contribution in [3.05, 3.63) is 70.3 Å². The zero-order valence-electron chi connectivity index (χ0n) is 13.9. The summed E-state index contributed by atoms with van der Waals surface area (Å²) < 4.78 is 0. The molecule has 0 amide bonds. The van der Waals surface area contributed by atoms with Crippen molar-refractivity contribution >= 4 is 44.7 Å². The first-order valence-corrected chi connectivity index (χ1v) is 9.22. The number of halogens is 1. The second kappa shape index (κ2) is 6.47. The first-order chi connectivity index (χ1) is 12.1. The van der Waals surface area contributed by atoms with Crippen molar-refractivity contribution in [2.75, 3.05) is 5.32 Å². The maximum atomic E-state index is 6.14. The number of aromatic nitrogens is 2. The van der Waals surface area contributed by atoms with Crippen LogP contribution in [0.4, 0.5) is 11.5 Å². The molecule has 0 radical (unpaired) electrons. The molecule has 25 heavy (non-hydrogen) atoms. The predicted molar refractivity (Wildman–Crippen MR) is 107 cm³/mol. The Morgan fingerprint density at radius 1 is 0.960 bits per heavy atom. The average Bonchev–Trinajstić information content (AvgIpc) is 3.02. The van der Waals surface area contributed by atoms with Crippen molar-refractivity contribution in [1.82, 2.24) is 9.97 Å². The quantitative estimate of drug-likeness (QED) is 0.428. The summed E-state index contributed by atoms with van der Waals surface area (Å²) in [6.45, 7) is 4.25. The maximum absolute atomic E-state index is 6.14. The lowest BCUT2D eigenvalue weighted by Gasteiger charge is -2.10. The van der Waals surface area contributed by atoms with Gasteiger partial charge in [-0.25, -0.2) is 4.98 Å². The van der Waals surface area contributed by atoms with Crippen LogP contribution in [0.3, 0.4) is 0 Å². The van der Waals surface area contributed by atoms with Gasteiger partial charge in [0.05, 0.1) is 5.39 Å². The Kier molecular flexibility index (Phi) is 4.15. The van der Waals surface area contributed by atoms with E-state index in [2.05, 4.69) is 52.7 Å². The number of anilines is 2. The Morgan fingerprint density at radius 3 is 2.52 bits per heavy atom. The molecule has 0 saturated heterocycles. The zero-order valence-corrected chi connectivity index (χ0v) is 15.4. The van der Waals surface area contributed by atoms with Gasteiger partial charge in [0.1, 0.15) is 10.6 Å². The third kappa shape index (κ3) is 3.11. The Bertz CT molecular complexity index is 1060. The van der Waals surface area contributed by atoms with E-state index in [0.29, 0.717) is 0 Å². The number of hydrogen-bond donors (Lipinski definition) is 1. The summed E-state index contributed by atoms with van der Waals surface area (Å²) in [6.07, 6.45) is 0. The number of nitrogens with one attached hydrogen (secondary N) is 1. The van der Waals surface area contributed by atoms with Crippen molar-refractivity contribution < 1.29 is 0 Å². The highest BCUT2D eigenvalue weighted by Gasteiger charge is 2.15. The normalized spacial score (nSPS) is 11.0. The summed E-state index contributed by atoms with van der Waals surface area (Å²) in [5.41, 5.74) is 5.81. The van der Waals surface area contributed by atoms with Crippen molar-refractivity contribution in [3.8, 4) is 11.1 Å². The van der Waals surface area contributed by atoms with Gasteiger partial charge in [-0.3, -0.25) is 0 Å². The average molecular weight is 366 g/mol. The molecule has 2 aromatic heterocycles. The summed E-state index contributed by atoms with van der Waals surface area (Å²) in [5, 5.41) is 6.75. The molecule has 0 bridgehead atoms. The monoisotopic (exact) mass is 365 g/mol. The minimum atomic E-state index is 0.249. The van der Waals surface area contributed by atoms with E-state index in [1.54, 1.807) is 11.3 Å². The van der Waals surface area contributed by atoms with Gasteiger partial charge in [0.25, 0.3) is 0 Å². The Labute approximate surface area is 155 Å². The van der Waals surface area contributed by atoms with E-state index in [0.717, 1.165) is 32.8 Å². The van der Waals surface area contributed by atoms with Crippen LogP contribution in [0.5, 0.6) is 0 Å². The maximum Gasteiger partial charge on any atom is 0.225 e. The first kappa shape index (κ1) is 16.1. The Hall–Kier alpha value is -2.43. The molecule has 0 fully saturated rings. The lowest BCUT2D eigenvalue weighted by molar-refractivity contribution is 1.23. The van der Waals surface area contributed by atoms with Crippen molar-refractivity contribution in [3.63, 3.8) is 0 Å². The second-order valence-corrected chi connectivity index (χ2v) is 7.16. The van der Waals surface area contributed by atoms with E-state index in [1.807, 2.05) is 30.3 Å². The summed E-state index contributed by atoms with van der Waals surface area (Å²) >= 11 is 7.72. The lowest BCUT2D eigenvalue weighted by Crippen LogP contribution is -1.96. The fourth-order valence-electron chi connectivity index (χ4n) is 2.79. The minimum absolute atomic E-state index is 0.249. The molecule has 2 heterocycles. The van der Waals surface area contributed by atoms with Crippen molar-refractivity contribution in [1.29, 1.82) is 0 Å². The lowest BCUT2D eigenvalue weighted by atomic mass is 10.0. The van der Waals surface area contributed by atoms with Gasteiger partial charge in [-0.1, -0.05) is 36.4 Å². The minimum Gasteiger partial charge on any atom is -0.340 e. The van der Waals surface area contributed by atoms with Gasteiger partial charge >= 0.3 is 0 Å². The number of nitrogens with zero attached hydrogens (tertiary/aromatic N) is 2. The molecule has 3 nitrogen and oxygen atoms in total. The smallest absolute Gasteiger partial charge is 0.225 e. The molecular weight excluding hydrogens is 350 g/mol. The van der Waals surface area contributed by atoms with Gasteiger partial charge in [-0.05, 0) is 54.3 Å². The third-order valence-electron chi connectivity index (χ3n) is 4.26. The van der Waals surface area contributed by atoms with E-state index in [4.69, 9.17) is 11.6 Å². The van der Waals surface area contributed by atoms with Crippen LogP contribution in [0.2, 0.25) is 5.28 Å². The van der Waals surface area contributed by atoms with Gasteiger partial charge in [-0.2, -0.15) is 4.98 Å². The van der Waals surface area contributed by atoms with Crippen molar-refractivity contribution in [2.45, 2.75) is 13.8 Å². The molecule has 4 aromatic rings. The number of thiophene rings is 1. The van der Waals surface area contributed by atoms with Gasteiger partial charge in [-0.15, -0.1) is 11.3 Å². The van der Waals surface area contributed by atoms with Gasteiger partial charge in [0.15, 0.2) is 0 Å². The molecule has 0 atom stereocenters. The predicted octanol–water partition coefficient (Wildman–Crippen LogP) is 6.37. The van der Waals surface area contributed by atoms with Gasteiger partial charge in [0, 0.05) is 16.6 Å². The fourth-order valence-corrected chi connectivity index (χ4v) is 3.95. The third-order valence-corrected chi connectivity index (χ3v) is 5.30. The van der Waals surface area contributed by atoms with Crippen LogP contribution in [0.25, 0.3) is 21.3 Å². The summed E-state index contributed by atoms with van der Waals surface area (Å²) in [5.74, 6) is 0.732. The summed E-state index contributed by atoms with van der Waals surface area (Å²) in [4.78, 5) is 9.72. The van der Waals surface area contributed by atoms with Crippen LogP contribution >= 0.6 is 22.9 Å². The molecule has 1 N–H and O–H groups in total. The SMILES string of the molecule is Cc1ccc(-c2csc3nc(Cl)nc(Nc4ccccc4)c23)cc1C. The van der Waals surface area contributed by atoms with E-state index in [-0.39, 0.29) is 5.28 Å². The zero-order chi connectivity index (χ0) is 17.4. The number of para-hydroxylation sites is 1. The molecule has 124 valence electrons. The number of aryl methyl sites for hydroxylation is 2. The van der Waals surface area contributed by atoms with Crippen LogP contribution in [0.1, 0.15) is 11.1 Å². The van der Waals surface area contributed by atoms with Crippen LogP contribution in [-0.4, -0.2) is 9.97 Å². The topological polar surface area (TPSA) is 37.8 Å². The molecular formula is C20H16ClN3S. The molecule has 0 aliphatic rings. The molecule has 2 aromatic carbocycles. The molecule has 5 heteroatoms. The van der Waals surface area contributed by atoms with E-state index in [1.165, 1.54) is 11.1 Å². The molecule has 0 aliphatic carbocycles. The molecule has 0 unspecified atom stereocenters. The Balaban J connectivity index is 1.90. The highest BCUT2D eigenvalue weighted by Crippen LogP contribution is 2.38. The largest absolute Gasteiger partial charge is 0.340 e. The van der Waals surface area contributed by atoms with Crippen LogP contribution < -0.4 is 5.32 Å². The number of hydrogen-bond acceptors (Lipinski definition) is 4. The standard InChI is InChI=1S/C20H16ClN3S/c1-12-8-9-14(10-13(12)2)16-11-25-19-17(16)18(23-20(21)24-19)22-15-6-4-3-5-7-15/h3-11H,1-2H3,(H,22,23,24). The fraction of sp³-hybridized carbons (Fsp3) is 0.100. The summed E-state index contributed by atoms with van der Waals surface area (Å²) in [7, 11) is 0. The molecule has 0 saturated carbocycles. The van der Waals surface area contributed by atoms with E-state index >= 15 is 0 Å². The molecule has 0 aliphatic heterocycles. The molecule has 4 rings (SSSR count). The summed E-state index contributed by atoms with van der Waals surface area (Å²) in [6, 6.07) is 16.5. The highest BCUT2D eigenvalue weighted by molar-refractivity contribution is 7.17. The highest BCUT2D eigenvalue weighted by atomic mass is 35.5. The van der Waals surface area contributed by atoms with Crippen molar-refractivity contribution in [2.24, 2.45) is 0 Å². The van der Waals surface area contributed by atoms with Gasteiger partial charge in [0.2, 0.25) is 5.28 Å². The number of rotatable bonds is 3. The van der Waals surface area contributed by atoms with Crippen LogP contribution in [0, 0.1) is 13.8 Å². The van der Waals surface area contributed by atoms with E-state index < -0.39 is 0 Å². The number of benzene rings is 2.